The summed E-state index contributed by atoms with van der Waals surface area (Å²) in [7, 11) is 0. The molecule has 2 saturated heterocycles. The Bertz CT molecular complexity index is 926. The van der Waals surface area contributed by atoms with Gasteiger partial charge in [-0.1, -0.05) is 18.2 Å². The minimum absolute atomic E-state index is 0.00440. The van der Waals surface area contributed by atoms with E-state index in [-0.39, 0.29) is 23.6 Å². The fourth-order valence-electron chi connectivity index (χ4n) is 4.55. The Labute approximate surface area is 182 Å². The highest BCUT2D eigenvalue weighted by atomic mass is 16.3. The number of benzene rings is 1. The Morgan fingerprint density at radius 1 is 0.968 bits per heavy atom. The molecule has 7 heteroatoms. The number of piperidine rings is 1. The second-order valence-electron chi connectivity index (χ2n) is 8.41. The van der Waals surface area contributed by atoms with Gasteiger partial charge in [-0.2, -0.15) is 0 Å². The lowest BCUT2D eigenvalue weighted by Gasteiger charge is -2.36. The standard InChI is InChI=1S/C24H29N3O4/c1-17-7-2-3-8-19(17)22(28)25-21(24(30)26-12-4-5-13-26)18-10-14-27(15-11-18)23(29)20-9-6-16-31-20/h2-3,6-9,16,18,21H,4-5,10-15H2,1H3,(H,25,28). The summed E-state index contributed by atoms with van der Waals surface area (Å²) in [6.45, 7) is 4.45. The SMILES string of the molecule is Cc1ccccc1C(=O)NC(C(=O)N1CCCC1)C1CCN(C(=O)c2ccco2)CC1. The fraction of sp³-hybridized carbons (Fsp3) is 0.458. The largest absolute Gasteiger partial charge is 0.459 e. The van der Waals surface area contributed by atoms with Gasteiger partial charge in [-0.3, -0.25) is 14.4 Å². The predicted octanol–water partition coefficient (Wildman–Crippen LogP) is 2.86. The van der Waals surface area contributed by atoms with E-state index < -0.39 is 6.04 Å². The van der Waals surface area contributed by atoms with E-state index in [1.54, 1.807) is 23.1 Å². The number of likely N-dealkylation sites (tertiary alicyclic amines) is 2. The molecular weight excluding hydrogens is 394 g/mol. The van der Waals surface area contributed by atoms with Gasteiger partial charge in [0.15, 0.2) is 5.76 Å². The van der Waals surface area contributed by atoms with Gasteiger partial charge >= 0.3 is 0 Å². The molecule has 2 aliphatic rings. The first kappa shape index (κ1) is 21.2. The van der Waals surface area contributed by atoms with E-state index >= 15 is 0 Å². The number of carbonyl (C=O) groups is 3. The molecular formula is C24H29N3O4. The third-order valence-corrected chi connectivity index (χ3v) is 6.39. The zero-order valence-electron chi connectivity index (χ0n) is 17.9. The summed E-state index contributed by atoms with van der Waals surface area (Å²) in [4.78, 5) is 42.5. The number of nitrogens with zero attached hydrogens (tertiary/aromatic N) is 2. The maximum atomic E-state index is 13.3. The molecule has 3 heterocycles. The van der Waals surface area contributed by atoms with Gasteiger partial charge in [0.1, 0.15) is 6.04 Å². The number of aryl methyl sites for hydroxylation is 1. The van der Waals surface area contributed by atoms with Crippen LogP contribution < -0.4 is 5.32 Å². The van der Waals surface area contributed by atoms with Crippen LogP contribution in [0.1, 0.15) is 52.2 Å². The van der Waals surface area contributed by atoms with Gasteiger partial charge in [-0.15, -0.1) is 0 Å². The van der Waals surface area contributed by atoms with Crippen LogP contribution in [-0.4, -0.2) is 59.7 Å². The van der Waals surface area contributed by atoms with Crippen molar-refractivity contribution >= 4 is 17.7 Å². The van der Waals surface area contributed by atoms with Crippen molar-refractivity contribution in [1.29, 1.82) is 0 Å². The number of hydrogen-bond donors (Lipinski definition) is 1. The van der Waals surface area contributed by atoms with Crippen molar-refractivity contribution in [2.24, 2.45) is 5.92 Å². The van der Waals surface area contributed by atoms with Crippen LogP contribution in [0.25, 0.3) is 0 Å². The van der Waals surface area contributed by atoms with Crippen LogP contribution in [0.5, 0.6) is 0 Å². The van der Waals surface area contributed by atoms with E-state index in [1.807, 2.05) is 30.0 Å². The monoisotopic (exact) mass is 423 g/mol. The first-order chi connectivity index (χ1) is 15.0. The summed E-state index contributed by atoms with van der Waals surface area (Å²) in [6.07, 6.45) is 4.81. The predicted molar refractivity (Wildman–Crippen MR) is 116 cm³/mol. The van der Waals surface area contributed by atoms with Crippen molar-refractivity contribution in [3.8, 4) is 0 Å². The molecule has 3 amide bonds. The Morgan fingerprint density at radius 2 is 1.68 bits per heavy atom. The molecule has 0 radical (unpaired) electrons. The number of carbonyl (C=O) groups excluding carboxylic acids is 3. The molecule has 4 rings (SSSR count). The average Bonchev–Trinajstić information content (AvgIpc) is 3.51. The molecule has 2 fully saturated rings. The van der Waals surface area contributed by atoms with Crippen LogP contribution in [0.4, 0.5) is 0 Å². The van der Waals surface area contributed by atoms with E-state index in [0.717, 1.165) is 31.5 Å². The van der Waals surface area contributed by atoms with E-state index in [0.29, 0.717) is 37.3 Å². The highest BCUT2D eigenvalue weighted by Crippen LogP contribution is 2.25. The molecule has 1 aromatic carbocycles. The second-order valence-corrected chi connectivity index (χ2v) is 8.41. The number of rotatable bonds is 5. The van der Waals surface area contributed by atoms with E-state index in [1.165, 1.54) is 6.26 Å². The van der Waals surface area contributed by atoms with Crippen molar-refractivity contribution in [2.45, 2.75) is 38.6 Å². The molecule has 0 aliphatic carbocycles. The Morgan fingerprint density at radius 3 is 2.32 bits per heavy atom. The zero-order valence-corrected chi connectivity index (χ0v) is 17.9. The smallest absolute Gasteiger partial charge is 0.289 e. The summed E-state index contributed by atoms with van der Waals surface area (Å²) in [5.41, 5.74) is 1.47. The quantitative estimate of drug-likeness (QED) is 0.802. The van der Waals surface area contributed by atoms with Crippen molar-refractivity contribution in [3.05, 3.63) is 59.5 Å². The summed E-state index contributed by atoms with van der Waals surface area (Å²) in [5.74, 6) is -0.0347. The second kappa shape index (κ2) is 9.37. The minimum Gasteiger partial charge on any atom is -0.459 e. The first-order valence-electron chi connectivity index (χ1n) is 11.0. The van der Waals surface area contributed by atoms with Gasteiger partial charge in [0.25, 0.3) is 11.8 Å². The molecule has 2 aromatic rings. The Hall–Kier alpha value is -3.09. The third kappa shape index (κ3) is 4.65. The summed E-state index contributed by atoms with van der Waals surface area (Å²) >= 11 is 0. The van der Waals surface area contributed by atoms with E-state index in [9.17, 15) is 14.4 Å². The molecule has 31 heavy (non-hydrogen) atoms. The average molecular weight is 424 g/mol. The van der Waals surface area contributed by atoms with Gasteiger partial charge in [0.05, 0.1) is 6.26 Å². The lowest BCUT2D eigenvalue weighted by Crippen LogP contribution is -2.54. The molecule has 0 spiro atoms. The fourth-order valence-corrected chi connectivity index (χ4v) is 4.55. The molecule has 1 aromatic heterocycles. The van der Waals surface area contributed by atoms with Crippen LogP contribution in [0.3, 0.4) is 0 Å². The highest BCUT2D eigenvalue weighted by Gasteiger charge is 2.37. The minimum atomic E-state index is -0.578. The molecule has 0 saturated carbocycles. The normalized spacial score (nSPS) is 18.1. The molecule has 0 bridgehead atoms. The summed E-state index contributed by atoms with van der Waals surface area (Å²) in [5, 5.41) is 3.04. The number of amides is 3. The molecule has 164 valence electrons. The molecule has 1 unspecified atom stereocenters. The zero-order chi connectivity index (χ0) is 21.8. The van der Waals surface area contributed by atoms with Crippen LogP contribution in [0, 0.1) is 12.8 Å². The van der Waals surface area contributed by atoms with Crippen molar-refractivity contribution in [3.63, 3.8) is 0 Å². The lowest BCUT2D eigenvalue weighted by atomic mass is 9.88. The molecule has 2 aliphatic heterocycles. The van der Waals surface area contributed by atoms with Crippen molar-refractivity contribution in [1.82, 2.24) is 15.1 Å². The Kier molecular flexibility index (Phi) is 6.39. The van der Waals surface area contributed by atoms with Gasteiger partial charge in [-0.05, 0) is 62.3 Å². The highest BCUT2D eigenvalue weighted by molar-refractivity contribution is 5.98. The number of hydrogen-bond acceptors (Lipinski definition) is 4. The Balaban J connectivity index is 1.47. The van der Waals surface area contributed by atoms with Crippen LogP contribution in [0.2, 0.25) is 0 Å². The maximum absolute atomic E-state index is 13.3. The van der Waals surface area contributed by atoms with Gasteiger partial charge < -0.3 is 19.5 Å². The van der Waals surface area contributed by atoms with Gasteiger partial charge in [0.2, 0.25) is 5.91 Å². The van der Waals surface area contributed by atoms with Crippen molar-refractivity contribution in [2.75, 3.05) is 26.2 Å². The molecule has 1 N–H and O–H groups in total. The number of nitrogens with one attached hydrogen (secondary N) is 1. The molecule has 7 nitrogen and oxygen atoms in total. The molecule has 1 atom stereocenters. The van der Waals surface area contributed by atoms with Crippen LogP contribution in [0.15, 0.2) is 47.1 Å². The van der Waals surface area contributed by atoms with Crippen LogP contribution >= 0.6 is 0 Å². The van der Waals surface area contributed by atoms with Crippen LogP contribution in [-0.2, 0) is 4.79 Å². The van der Waals surface area contributed by atoms with E-state index in [4.69, 9.17) is 4.42 Å². The maximum Gasteiger partial charge on any atom is 0.289 e. The summed E-state index contributed by atoms with van der Waals surface area (Å²) in [6, 6.07) is 10.2. The summed E-state index contributed by atoms with van der Waals surface area (Å²) < 4.78 is 5.23. The topological polar surface area (TPSA) is 82.9 Å². The van der Waals surface area contributed by atoms with E-state index in [2.05, 4.69) is 5.32 Å². The van der Waals surface area contributed by atoms with Gasteiger partial charge in [-0.25, -0.2) is 0 Å². The number of furan rings is 1. The first-order valence-corrected chi connectivity index (χ1v) is 11.0. The third-order valence-electron chi connectivity index (χ3n) is 6.39. The van der Waals surface area contributed by atoms with Crippen molar-refractivity contribution < 1.29 is 18.8 Å². The lowest BCUT2D eigenvalue weighted by molar-refractivity contribution is -0.134. The van der Waals surface area contributed by atoms with Gasteiger partial charge in [0, 0.05) is 31.7 Å².